The molecule has 1 fully saturated rings. The van der Waals surface area contributed by atoms with E-state index in [1.807, 2.05) is 11.3 Å². The van der Waals surface area contributed by atoms with Crippen molar-refractivity contribution >= 4 is 11.3 Å². The van der Waals surface area contributed by atoms with Crippen LogP contribution in [0.3, 0.4) is 0 Å². The van der Waals surface area contributed by atoms with Crippen molar-refractivity contribution in [2.45, 2.75) is 32.7 Å². The highest BCUT2D eigenvalue weighted by atomic mass is 32.1. The Labute approximate surface area is 102 Å². The first-order valence-corrected chi connectivity index (χ1v) is 7.06. The van der Waals surface area contributed by atoms with E-state index in [1.54, 1.807) is 0 Å². The molecule has 0 amide bonds. The molecule has 0 radical (unpaired) electrons. The lowest BCUT2D eigenvalue weighted by Gasteiger charge is -2.22. The topological polar surface area (TPSA) is 21.3 Å². The van der Waals surface area contributed by atoms with Crippen LogP contribution < -0.4 is 5.32 Å². The summed E-state index contributed by atoms with van der Waals surface area (Å²) < 4.78 is 5.47. The Bertz CT molecular complexity index is 305. The van der Waals surface area contributed by atoms with Crippen LogP contribution in [0.15, 0.2) is 12.1 Å². The van der Waals surface area contributed by atoms with Gasteiger partial charge in [0.2, 0.25) is 0 Å². The van der Waals surface area contributed by atoms with Crippen molar-refractivity contribution in [3.05, 3.63) is 21.9 Å². The van der Waals surface area contributed by atoms with Gasteiger partial charge in [-0.25, -0.2) is 0 Å². The Kier molecular flexibility index (Phi) is 4.82. The molecule has 0 spiro atoms. The minimum Gasteiger partial charge on any atom is -0.381 e. The molecule has 1 atom stereocenters. The minimum atomic E-state index is 0.722. The van der Waals surface area contributed by atoms with Crippen molar-refractivity contribution in [2.24, 2.45) is 5.92 Å². The molecule has 0 aromatic carbocycles. The molecule has 1 N–H and O–H groups in total. The highest BCUT2D eigenvalue weighted by Gasteiger charge is 2.13. The Balaban J connectivity index is 1.66. The van der Waals surface area contributed by atoms with Gasteiger partial charge in [-0.3, -0.25) is 0 Å². The van der Waals surface area contributed by atoms with Gasteiger partial charge in [-0.1, -0.05) is 6.92 Å². The molecular formula is C13H21NOS. The summed E-state index contributed by atoms with van der Waals surface area (Å²) in [5, 5.41) is 3.54. The SMILES string of the molecule is CCc1ccc(CNCC2CCCOC2)s1. The molecule has 0 saturated carbocycles. The molecule has 1 aliphatic rings. The molecule has 2 nitrogen and oxygen atoms in total. The van der Waals surface area contributed by atoms with Crippen molar-refractivity contribution in [1.82, 2.24) is 5.32 Å². The van der Waals surface area contributed by atoms with E-state index in [0.29, 0.717) is 0 Å². The van der Waals surface area contributed by atoms with Gasteiger partial charge in [0.25, 0.3) is 0 Å². The maximum Gasteiger partial charge on any atom is 0.0506 e. The third-order valence-electron chi connectivity index (χ3n) is 3.05. The fourth-order valence-electron chi connectivity index (χ4n) is 2.08. The normalized spacial score (nSPS) is 21.2. The molecule has 16 heavy (non-hydrogen) atoms. The summed E-state index contributed by atoms with van der Waals surface area (Å²) in [6.07, 6.45) is 3.70. The van der Waals surface area contributed by atoms with Gasteiger partial charge in [-0.05, 0) is 37.3 Å². The Morgan fingerprint density at radius 1 is 1.44 bits per heavy atom. The van der Waals surface area contributed by atoms with Gasteiger partial charge in [0.15, 0.2) is 0 Å². The molecule has 1 aliphatic heterocycles. The summed E-state index contributed by atoms with van der Waals surface area (Å²) in [6.45, 7) is 6.22. The van der Waals surface area contributed by atoms with E-state index >= 15 is 0 Å². The molecule has 2 rings (SSSR count). The standard InChI is InChI=1S/C13H21NOS/c1-2-12-5-6-13(16-12)9-14-8-11-4-3-7-15-10-11/h5-6,11,14H,2-4,7-10H2,1H3. The quantitative estimate of drug-likeness (QED) is 0.853. The summed E-state index contributed by atoms with van der Waals surface area (Å²) in [4.78, 5) is 2.94. The van der Waals surface area contributed by atoms with Gasteiger partial charge in [-0.15, -0.1) is 11.3 Å². The second-order valence-corrected chi connectivity index (χ2v) is 5.69. The average Bonchev–Trinajstić information content (AvgIpc) is 2.78. The van der Waals surface area contributed by atoms with E-state index in [9.17, 15) is 0 Å². The number of rotatable bonds is 5. The molecule has 1 aromatic rings. The second kappa shape index (κ2) is 6.38. The van der Waals surface area contributed by atoms with Gasteiger partial charge in [0.1, 0.15) is 0 Å². The smallest absolute Gasteiger partial charge is 0.0506 e. The van der Waals surface area contributed by atoms with Gasteiger partial charge in [0, 0.05) is 29.5 Å². The number of nitrogens with one attached hydrogen (secondary N) is 1. The lowest BCUT2D eigenvalue weighted by molar-refractivity contribution is 0.0548. The Morgan fingerprint density at radius 3 is 3.00 bits per heavy atom. The molecule has 90 valence electrons. The van der Waals surface area contributed by atoms with Crippen LogP contribution in [0.25, 0.3) is 0 Å². The van der Waals surface area contributed by atoms with Crippen molar-refractivity contribution in [3.63, 3.8) is 0 Å². The van der Waals surface area contributed by atoms with E-state index in [4.69, 9.17) is 4.74 Å². The van der Waals surface area contributed by atoms with Crippen LogP contribution >= 0.6 is 11.3 Å². The van der Waals surface area contributed by atoms with Crippen molar-refractivity contribution in [2.75, 3.05) is 19.8 Å². The van der Waals surface area contributed by atoms with Crippen LogP contribution in [0.2, 0.25) is 0 Å². The number of hydrogen-bond acceptors (Lipinski definition) is 3. The predicted octanol–water partition coefficient (Wildman–Crippen LogP) is 2.83. The van der Waals surface area contributed by atoms with Crippen LogP contribution in [0.1, 0.15) is 29.5 Å². The van der Waals surface area contributed by atoms with Crippen molar-refractivity contribution in [1.29, 1.82) is 0 Å². The summed E-state index contributed by atoms with van der Waals surface area (Å²) in [5.74, 6) is 0.722. The largest absolute Gasteiger partial charge is 0.381 e. The summed E-state index contributed by atoms with van der Waals surface area (Å²) in [5.41, 5.74) is 0. The fourth-order valence-corrected chi connectivity index (χ4v) is 3.00. The summed E-state index contributed by atoms with van der Waals surface area (Å²) in [7, 11) is 0. The van der Waals surface area contributed by atoms with Gasteiger partial charge < -0.3 is 10.1 Å². The fraction of sp³-hybridized carbons (Fsp3) is 0.692. The molecular weight excluding hydrogens is 218 g/mol. The third kappa shape index (κ3) is 3.58. The number of ether oxygens (including phenoxy) is 1. The number of aryl methyl sites for hydroxylation is 1. The van der Waals surface area contributed by atoms with Crippen LogP contribution in [0.5, 0.6) is 0 Å². The molecule has 1 unspecified atom stereocenters. The van der Waals surface area contributed by atoms with Gasteiger partial charge in [-0.2, -0.15) is 0 Å². The van der Waals surface area contributed by atoms with Gasteiger partial charge in [0.05, 0.1) is 6.61 Å². The predicted molar refractivity (Wildman–Crippen MR) is 68.9 cm³/mol. The van der Waals surface area contributed by atoms with Crippen molar-refractivity contribution in [3.8, 4) is 0 Å². The first kappa shape index (κ1) is 12.1. The van der Waals surface area contributed by atoms with Crippen molar-refractivity contribution < 1.29 is 4.74 Å². The molecule has 1 saturated heterocycles. The second-order valence-electron chi connectivity index (χ2n) is 4.44. The van der Waals surface area contributed by atoms with E-state index in [1.165, 1.54) is 22.6 Å². The Morgan fingerprint density at radius 2 is 2.31 bits per heavy atom. The monoisotopic (exact) mass is 239 g/mol. The zero-order valence-electron chi connectivity index (χ0n) is 10.00. The summed E-state index contributed by atoms with van der Waals surface area (Å²) in [6, 6.07) is 4.49. The maximum atomic E-state index is 5.47. The van der Waals surface area contributed by atoms with Gasteiger partial charge >= 0.3 is 0 Å². The average molecular weight is 239 g/mol. The van der Waals surface area contributed by atoms with E-state index in [0.717, 1.165) is 38.6 Å². The third-order valence-corrected chi connectivity index (χ3v) is 4.28. The minimum absolute atomic E-state index is 0.722. The van der Waals surface area contributed by atoms with Crippen LogP contribution in [0, 0.1) is 5.92 Å². The lowest BCUT2D eigenvalue weighted by atomic mass is 10.0. The van der Waals surface area contributed by atoms with Crippen LogP contribution in [-0.2, 0) is 17.7 Å². The maximum absolute atomic E-state index is 5.47. The first-order valence-electron chi connectivity index (χ1n) is 6.24. The lowest BCUT2D eigenvalue weighted by Crippen LogP contribution is -2.28. The molecule has 1 aromatic heterocycles. The van der Waals surface area contributed by atoms with E-state index in [2.05, 4.69) is 24.4 Å². The molecule has 0 aliphatic carbocycles. The zero-order chi connectivity index (χ0) is 11.2. The van der Waals surface area contributed by atoms with E-state index in [-0.39, 0.29) is 0 Å². The summed E-state index contributed by atoms with van der Waals surface area (Å²) >= 11 is 1.93. The first-order chi connectivity index (χ1) is 7.88. The highest BCUT2D eigenvalue weighted by molar-refractivity contribution is 7.11. The van der Waals surface area contributed by atoms with E-state index < -0.39 is 0 Å². The molecule has 0 bridgehead atoms. The van der Waals surface area contributed by atoms with Crippen LogP contribution in [-0.4, -0.2) is 19.8 Å². The highest BCUT2D eigenvalue weighted by Crippen LogP contribution is 2.17. The number of hydrogen-bond donors (Lipinski definition) is 1. The Hall–Kier alpha value is -0.380. The number of thiophene rings is 1. The molecule has 2 heterocycles. The molecule has 3 heteroatoms. The zero-order valence-corrected chi connectivity index (χ0v) is 10.8. The van der Waals surface area contributed by atoms with Crippen LogP contribution in [0.4, 0.5) is 0 Å².